The Morgan fingerprint density at radius 1 is 0.935 bits per heavy atom. The predicted octanol–water partition coefficient (Wildman–Crippen LogP) is 3.58. The minimum Gasteiger partial charge on any atom is -0.493 e. The topological polar surface area (TPSA) is 61.9 Å². The van der Waals surface area contributed by atoms with E-state index in [9.17, 15) is 9.59 Å². The lowest BCUT2D eigenvalue weighted by Crippen LogP contribution is -2.39. The van der Waals surface area contributed by atoms with Gasteiger partial charge in [-0.2, -0.15) is 0 Å². The molecule has 0 aromatic heterocycles. The maximum absolute atomic E-state index is 12.8. The first-order valence-corrected chi connectivity index (χ1v) is 11.1. The first kappa shape index (κ1) is 21.2. The van der Waals surface area contributed by atoms with Crippen molar-refractivity contribution >= 4 is 17.5 Å². The summed E-state index contributed by atoms with van der Waals surface area (Å²) in [6, 6.07) is 15.5. The molecule has 6 nitrogen and oxygen atoms in total. The lowest BCUT2D eigenvalue weighted by Gasteiger charge is -2.32. The molecule has 2 amide bonds. The van der Waals surface area contributed by atoms with E-state index in [1.54, 1.807) is 0 Å². The van der Waals surface area contributed by atoms with Crippen LogP contribution < -0.4 is 15.0 Å². The first-order chi connectivity index (χ1) is 15.0. The van der Waals surface area contributed by atoms with Crippen LogP contribution in [0.3, 0.4) is 0 Å². The predicted molar refractivity (Wildman–Crippen MR) is 122 cm³/mol. The molecule has 2 aromatic carbocycles. The summed E-state index contributed by atoms with van der Waals surface area (Å²) in [5, 5.41) is 2.99. The highest BCUT2D eigenvalue weighted by molar-refractivity contribution is 5.95. The van der Waals surface area contributed by atoms with Crippen LogP contribution in [0.5, 0.6) is 5.75 Å². The molecule has 0 spiro atoms. The summed E-state index contributed by atoms with van der Waals surface area (Å²) in [7, 11) is 3.98. The maximum atomic E-state index is 12.8. The Morgan fingerprint density at radius 2 is 1.55 bits per heavy atom. The van der Waals surface area contributed by atoms with Gasteiger partial charge in [0, 0.05) is 50.0 Å². The molecule has 164 valence electrons. The summed E-state index contributed by atoms with van der Waals surface area (Å²) in [6.45, 7) is 2.14. The fourth-order valence-corrected chi connectivity index (χ4v) is 3.80. The van der Waals surface area contributed by atoms with E-state index in [0.717, 1.165) is 55.8 Å². The lowest BCUT2D eigenvalue weighted by atomic mass is 9.97. The lowest BCUT2D eigenvalue weighted by molar-refractivity contribution is 0.0661. The number of likely N-dealkylation sites (tertiary alicyclic amines) is 1. The van der Waals surface area contributed by atoms with E-state index in [0.29, 0.717) is 24.1 Å². The molecule has 1 saturated carbocycles. The quantitative estimate of drug-likeness (QED) is 0.742. The largest absolute Gasteiger partial charge is 0.493 e. The molecule has 1 aliphatic heterocycles. The molecule has 4 rings (SSSR count). The van der Waals surface area contributed by atoms with Gasteiger partial charge in [-0.3, -0.25) is 9.59 Å². The second-order valence-electron chi connectivity index (χ2n) is 8.76. The van der Waals surface area contributed by atoms with Gasteiger partial charge in [0.2, 0.25) is 0 Å². The van der Waals surface area contributed by atoms with E-state index in [-0.39, 0.29) is 11.8 Å². The van der Waals surface area contributed by atoms with Crippen molar-refractivity contribution in [2.75, 3.05) is 38.7 Å². The molecule has 0 unspecified atom stereocenters. The number of amides is 2. The summed E-state index contributed by atoms with van der Waals surface area (Å²) >= 11 is 0. The molecular weight excluding hydrogens is 390 g/mol. The Bertz CT molecular complexity index is 897. The number of benzene rings is 2. The number of nitrogens with one attached hydrogen (secondary N) is 1. The van der Waals surface area contributed by atoms with Gasteiger partial charge in [0.25, 0.3) is 11.8 Å². The van der Waals surface area contributed by atoms with E-state index in [4.69, 9.17) is 4.74 Å². The second kappa shape index (κ2) is 9.41. The van der Waals surface area contributed by atoms with E-state index in [2.05, 4.69) is 5.32 Å². The summed E-state index contributed by atoms with van der Waals surface area (Å²) < 4.78 is 5.95. The van der Waals surface area contributed by atoms with Gasteiger partial charge in [0.1, 0.15) is 5.75 Å². The Morgan fingerprint density at radius 3 is 2.13 bits per heavy atom. The number of anilines is 1. The molecular formula is C25H31N3O3. The summed E-state index contributed by atoms with van der Waals surface area (Å²) in [5.74, 6) is 1.30. The van der Waals surface area contributed by atoms with Crippen molar-refractivity contribution in [3.63, 3.8) is 0 Å². The molecule has 2 aromatic rings. The van der Waals surface area contributed by atoms with Crippen LogP contribution in [0, 0.1) is 5.92 Å². The number of carbonyl (C=O) groups excluding carboxylic acids is 2. The molecule has 1 saturated heterocycles. The van der Waals surface area contributed by atoms with Crippen LogP contribution in [0.2, 0.25) is 0 Å². The molecule has 1 aliphatic carbocycles. The molecule has 2 aliphatic rings. The van der Waals surface area contributed by atoms with Crippen LogP contribution >= 0.6 is 0 Å². The highest BCUT2D eigenvalue weighted by Gasteiger charge is 2.25. The monoisotopic (exact) mass is 421 g/mol. The van der Waals surface area contributed by atoms with Crippen LogP contribution in [0.25, 0.3) is 0 Å². The van der Waals surface area contributed by atoms with Gasteiger partial charge in [-0.05, 0) is 80.1 Å². The summed E-state index contributed by atoms with van der Waals surface area (Å²) in [6.07, 6.45) is 4.03. The minimum atomic E-state index is -0.0116. The molecule has 31 heavy (non-hydrogen) atoms. The Balaban J connectivity index is 1.21. The number of rotatable bonds is 7. The fourth-order valence-electron chi connectivity index (χ4n) is 3.80. The van der Waals surface area contributed by atoms with Crippen molar-refractivity contribution in [2.45, 2.75) is 31.7 Å². The maximum Gasteiger partial charge on any atom is 0.253 e. The zero-order valence-corrected chi connectivity index (χ0v) is 18.3. The van der Waals surface area contributed by atoms with Gasteiger partial charge in [-0.25, -0.2) is 0 Å². The minimum absolute atomic E-state index is 0.0116. The smallest absolute Gasteiger partial charge is 0.253 e. The number of carbonyl (C=O) groups is 2. The standard InChI is InChI=1S/C25H31N3O3/c1-27(2)22-9-3-20(4-10-22)25(30)28-15-13-18(14-16-28)17-31-23-11-5-19(6-12-23)24(29)26-21-7-8-21/h3-6,9-12,18,21H,7-8,13-17H2,1-2H3,(H,26,29). The van der Waals surface area contributed by atoms with Crippen LogP contribution in [-0.4, -0.2) is 56.5 Å². The molecule has 0 radical (unpaired) electrons. The van der Waals surface area contributed by atoms with E-state index < -0.39 is 0 Å². The van der Waals surface area contributed by atoms with Crippen molar-refractivity contribution in [2.24, 2.45) is 5.92 Å². The van der Waals surface area contributed by atoms with Gasteiger partial charge in [0.15, 0.2) is 0 Å². The van der Waals surface area contributed by atoms with E-state index in [1.807, 2.05) is 72.4 Å². The molecule has 1 N–H and O–H groups in total. The Labute approximate surface area is 184 Å². The molecule has 0 bridgehead atoms. The molecule has 0 atom stereocenters. The average molecular weight is 422 g/mol. The van der Waals surface area contributed by atoms with Crippen LogP contribution in [0.4, 0.5) is 5.69 Å². The van der Waals surface area contributed by atoms with Gasteiger partial charge in [-0.1, -0.05) is 0 Å². The van der Waals surface area contributed by atoms with Crippen molar-refractivity contribution in [1.29, 1.82) is 0 Å². The van der Waals surface area contributed by atoms with Crippen molar-refractivity contribution in [1.82, 2.24) is 10.2 Å². The SMILES string of the molecule is CN(C)c1ccc(C(=O)N2CCC(COc3ccc(C(=O)NC4CC4)cc3)CC2)cc1. The Kier molecular flexibility index (Phi) is 6.44. The number of ether oxygens (including phenoxy) is 1. The summed E-state index contributed by atoms with van der Waals surface area (Å²) in [5.41, 5.74) is 2.50. The normalized spacial score (nSPS) is 16.6. The third kappa shape index (κ3) is 5.57. The van der Waals surface area contributed by atoms with Crippen LogP contribution in [0.1, 0.15) is 46.4 Å². The van der Waals surface area contributed by atoms with Crippen molar-refractivity contribution in [3.8, 4) is 5.75 Å². The Hall–Kier alpha value is -3.02. The highest BCUT2D eigenvalue weighted by Crippen LogP contribution is 2.23. The third-order valence-electron chi connectivity index (χ3n) is 6.05. The number of piperidine rings is 1. The summed E-state index contributed by atoms with van der Waals surface area (Å²) in [4.78, 5) is 28.8. The van der Waals surface area contributed by atoms with Gasteiger partial charge >= 0.3 is 0 Å². The third-order valence-corrected chi connectivity index (χ3v) is 6.05. The zero-order valence-electron chi connectivity index (χ0n) is 18.3. The van der Waals surface area contributed by atoms with Crippen molar-refractivity contribution < 1.29 is 14.3 Å². The number of hydrogen-bond donors (Lipinski definition) is 1. The van der Waals surface area contributed by atoms with E-state index >= 15 is 0 Å². The number of nitrogens with zero attached hydrogens (tertiary/aromatic N) is 2. The zero-order chi connectivity index (χ0) is 21.8. The second-order valence-corrected chi connectivity index (χ2v) is 8.76. The van der Waals surface area contributed by atoms with Gasteiger partial charge < -0.3 is 19.9 Å². The van der Waals surface area contributed by atoms with Crippen LogP contribution in [-0.2, 0) is 0 Å². The molecule has 2 fully saturated rings. The molecule has 6 heteroatoms. The van der Waals surface area contributed by atoms with Gasteiger partial charge in [0.05, 0.1) is 6.61 Å². The van der Waals surface area contributed by atoms with Crippen LogP contribution in [0.15, 0.2) is 48.5 Å². The average Bonchev–Trinajstić information content (AvgIpc) is 3.62. The van der Waals surface area contributed by atoms with Crippen molar-refractivity contribution in [3.05, 3.63) is 59.7 Å². The highest BCUT2D eigenvalue weighted by atomic mass is 16.5. The van der Waals surface area contributed by atoms with E-state index in [1.165, 1.54) is 0 Å². The fraction of sp³-hybridized carbons (Fsp3) is 0.440. The first-order valence-electron chi connectivity index (χ1n) is 11.1. The van der Waals surface area contributed by atoms with Gasteiger partial charge in [-0.15, -0.1) is 0 Å². The molecule has 1 heterocycles. The number of hydrogen-bond acceptors (Lipinski definition) is 4.